The fourth-order valence-electron chi connectivity index (χ4n) is 5.58. The number of piperidine rings is 1. The molecule has 0 radical (unpaired) electrons. The fraction of sp³-hybridized carbons (Fsp3) is 0.577. The summed E-state index contributed by atoms with van der Waals surface area (Å²) in [7, 11) is 2.24. The van der Waals surface area contributed by atoms with Crippen molar-refractivity contribution in [1.29, 1.82) is 0 Å². The number of hydrogen-bond donors (Lipinski definition) is 0. The van der Waals surface area contributed by atoms with Gasteiger partial charge in [0.25, 0.3) is 0 Å². The highest BCUT2D eigenvalue weighted by atomic mass is 16.6. The van der Waals surface area contributed by atoms with Gasteiger partial charge in [-0.05, 0) is 29.9 Å². The number of likely N-dealkylation sites (N-methyl/N-ethyl adjacent to an activating group) is 1. The van der Waals surface area contributed by atoms with E-state index in [1.807, 2.05) is 30.6 Å². The van der Waals surface area contributed by atoms with Gasteiger partial charge in [-0.2, -0.15) is 0 Å². The Morgan fingerprint density at radius 2 is 1.84 bits per heavy atom. The van der Waals surface area contributed by atoms with Crippen molar-refractivity contribution in [2.75, 3.05) is 26.7 Å². The van der Waals surface area contributed by atoms with Gasteiger partial charge in [0.1, 0.15) is 12.9 Å². The number of aryl methyl sites for hydroxylation is 1. The second-order valence-corrected chi connectivity index (χ2v) is 9.85. The number of ether oxygens (including phenoxy) is 1. The predicted octanol–water partition coefficient (Wildman–Crippen LogP) is 3.01. The maximum Gasteiger partial charge on any atom is 0.300 e. The Hall–Kier alpha value is -2.31. The fourth-order valence-corrected chi connectivity index (χ4v) is 5.58. The van der Waals surface area contributed by atoms with Crippen molar-refractivity contribution in [2.24, 2.45) is 5.92 Å². The minimum Gasteiger partial charge on any atom is -0.837 e. The predicted molar refractivity (Wildman–Crippen MR) is 120 cm³/mol. The third kappa shape index (κ3) is 5.18. The molecule has 6 nitrogen and oxygen atoms in total. The maximum absolute atomic E-state index is 14.1. The Morgan fingerprint density at radius 3 is 2.56 bits per heavy atom. The van der Waals surface area contributed by atoms with Gasteiger partial charge in [-0.1, -0.05) is 56.0 Å². The first-order chi connectivity index (χ1) is 15.5. The molecule has 0 bridgehead atoms. The van der Waals surface area contributed by atoms with Gasteiger partial charge < -0.3 is 14.3 Å². The number of quaternary nitrogens is 1. The highest BCUT2D eigenvalue weighted by Crippen LogP contribution is 2.40. The van der Waals surface area contributed by atoms with E-state index in [2.05, 4.69) is 17.0 Å². The molecule has 1 aliphatic carbocycles. The molecular weight excluding hydrogens is 402 g/mol. The third-order valence-corrected chi connectivity index (χ3v) is 7.36. The number of hydrogen-bond acceptors (Lipinski definition) is 5. The largest absolute Gasteiger partial charge is 0.837 e. The number of benzene rings is 1. The van der Waals surface area contributed by atoms with Crippen LogP contribution in [0.15, 0.2) is 49.1 Å². The number of likely N-dealkylation sites (tertiary alicyclic amines) is 1. The number of aromatic nitrogens is 2. The second-order valence-electron chi connectivity index (χ2n) is 9.85. The first-order valence-electron chi connectivity index (χ1n) is 12.0. The molecule has 1 aromatic heterocycles. The number of nitrogens with zero attached hydrogens (tertiary/aromatic N) is 3. The monoisotopic (exact) mass is 437 g/mol. The van der Waals surface area contributed by atoms with E-state index in [1.165, 1.54) is 0 Å². The Morgan fingerprint density at radius 1 is 1.12 bits per heavy atom. The molecule has 0 N–H and O–H groups in total. The molecule has 172 valence electrons. The summed E-state index contributed by atoms with van der Waals surface area (Å²) in [5.41, 5.74) is -0.101. The van der Waals surface area contributed by atoms with Crippen LogP contribution in [0.25, 0.3) is 0 Å². The summed E-state index contributed by atoms with van der Waals surface area (Å²) >= 11 is 0. The van der Waals surface area contributed by atoms with Gasteiger partial charge in [-0.3, -0.25) is 4.79 Å². The quantitative estimate of drug-likeness (QED) is 0.469. The summed E-state index contributed by atoms with van der Waals surface area (Å²) in [5.74, 6) is -0.759. The van der Waals surface area contributed by atoms with Crippen LogP contribution >= 0.6 is 0 Å². The van der Waals surface area contributed by atoms with E-state index in [4.69, 9.17) is 4.74 Å². The Balaban J connectivity index is 1.40. The van der Waals surface area contributed by atoms with Crippen LogP contribution in [0.5, 0.6) is 0 Å². The normalized spacial score (nSPS) is 25.9. The zero-order valence-electron chi connectivity index (χ0n) is 19.1. The molecule has 0 amide bonds. The zero-order chi connectivity index (χ0) is 22.4. The molecule has 2 aromatic rings. The van der Waals surface area contributed by atoms with Crippen LogP contribution < -0.4 is 5.11 Å². The first kappa shape index (κ1) is 22.9. The molecule has 2 aliphatic rings. The maximum atomic E-state index is 14.1. The number of carbonyl (C=O) groups excluding carboxylic acids is 1. The molecule has 2 heterocycles. The average molecular weight is 438 g/mol. The van der Waals surface area contributed by atoms with Crippen LogP contribution in [0.2, 0.25) is 0 Å². The molecule has 4 rings (SSSR count). The average Bonchev–Trinajstić information content (AvgIpc) is 3.35. The molecule has 2 unspecified atom stereocenters. The van der Waals surface area contributed by atoms with Crippen molar-refractivity contribution >= 4 is 5.97 Å². The Bertz CT molecular complexity index is 872. The molecule has 1 aliphatic heterocycles. The lowest BCUT2D eigenvalue weighted by molar-refractivity contribution is -0.917. The van der Waals surface area contributed by atoms with E-state index in [9.17, 15) is 9.90 Å². The lowest BCUT2D eigenvalue weighted by Gasteiger charge is -2.46. The van der Waals surface area contributed by atoms with Crippen LogP contribution in [0.3, 0.4) is 0 Å². The van der Waals surface area contributed by atoms with E-state index in [0.717, 1.165) is 81.0 Å². The summed E-state index contributed by atoms with van der Waals surface area (Å²) in [6.07, 6.45) is 12.5. The van der Waals surface area contributed by atoms with Crippen LogP contribution in [0.4, 0.5) is 0 Å². The van der Waals surface area contributed by atoms with Crippen LogP contribution in [0, 0.1) is 5.92 Å². The van der Waals surface area contributed by atoms with Gasteiger partial charge in [0.2, 0.25) is 0 Å². The van der Waals surface area contributed by atoms with Gasteiger partial charge >= 0.3 is 5.97 Å². The molecule has 1 aromatic carbocycles. The summed E-state index contributed by atoms with van der Waals surface area (Å²) in [5, 5.41) is 14.1. The van der Waals surface area contributed by atoms with Gasteiger partial charge in [0.05, 0.1) is 20.1 Å². The minimum atomic E-state index is -1.80. The van der Waals surface area contributed by atoms with Gasteiger partial charge in [0.15, 0.2) is 6.10 Å². The van der Waals surface area contributed by atoms with Gasteiger partial charge in [0, 0.05) is 30.8 Å². The Kier molecular flexibility index (Phi) is 7.21. The molecule has 0 spiro atoms. The topological polar surface area (TPSA) is 75.1 Å². The first-order valence-corrected chi connectivity index (χ1v) is 12.0. The summed E-state index contributed by atoms with van der Waals surface area (Å²) < 4.78 is 6.86. The van der Waals surface area contributed by atoms with Crippen LogP contribution in [-0.4, -0.2) is 53.2 Å². The molecular formula is C26H35N3O3. The van der Waals surface area contributed by atoms with Crippen molar-refractivity contribution in [3.05, 3.63) is 60.2 Å². The van der Waals surface area contributed by atoms with Crippen molar-refractivity contribution in [1.82, 2.24) is 9.97 Å². The Labute approximate surface area is 191 Å². The van der Waals surface area contributed by atoms with Crippen molar-refractivity contribution < 1.29 is 19.1 Å². The molecule has 1 saturated heterocycles. The van der Waals surface area contributed by atoms with Gasteiger partial charge in [-0.25, -0.2) is 9.97 Å². The van der Waals surface area contributed by atoms with Crippen LogP contribution in [0.1, 0.15) is 56.1 Å². The highest BCUT2D eigenvalue weighted by molar-refractivity contribution is 5.81. The van der Waals surface area contributed by atoms with E-state index in [-0.39, 0.29) is 12.0 Å². The van der Waals surface area contributed by atoms with Crippen molar-refractivity contribution in [3.8, 4) is 0 Å². The lowest BCUT2D eigenvalue weighted by atomic mass is 9.80. The minimum absolute atomic E-state index is 0.185. The smallest absolute Gasteiger partial charge is 0.300 e. The van der Waals surface area contributed by atoms with Gasteiger partial charge in [-0.15, -0.1) is 0 Å². The van der Waals surface area contributed by atoms with E-state index in [1.54, 1.807) is 18.5 Å². The number of rotatable bonds is 8. The molecule has 1 saturated carbocycles. The molecule has 6 heteroatoms. The van der Waals surface area contributed by atoms with E-state index in [0.29, 0.717) is 5.56 Å². The zero-order valence-corrected chi connectivity index (χ0v) is 19.1. The summed E-state index contributed by atoms with van der Waals surface area (Å²) in [6.45, 7) is 2.85. The van der Waals surface area contributed by atoms with Crippen molar-refractivity contribution in [2.45, 2.75) is 63.1 Å². The van der Waals surface area contributed by atoms with E-state index < -0.39 is 11.6 Å². The summed E-state index contributed by atoms with van der Waals surface area (Å²) in [4.78, 5) is 21.6. The number of carbonyl (C=O) groups is 1. The van der Waals surface area contributed by atoms with Crippen molar-refractivity contribution in [3.63, 3.8) is 0 Å². The second kappa shape index (κ2) is 10.1. The molecule has 32 heavy (non-hydrogen) atoms. The number of esters is 1. The van der Waals surface area contributed by atoms with E-state index >= 15 is 0 Å². The van der Waals surface area contributed by atoms with Crippen LogP contribution in [-0.2, 0) is 21.6 Å². The SMILES string of the molecule is C[N@@+]1(CCCc2cncnc2)CCCC(OC(=O)C([O-])(c2ccccc2)C2CCCC2)C1. The molecule has 3 atom stereocenters. The molecule has 2 fully saturated rings. The third-order valence-electron chi connectivity index (χ3n) is 7.36. The lowest BCUT2D eigenvalue weighted by Crippen LogP contribution is -2.58. The summed E-state index contributed by atoms with van der Waals surface area (Å²) in [6, 6.07) is 9.16. The standard InChI is InChI=1S/C26H35N3O3/c1-29(15-7-9-21-17-27-20-28-18-21)16-8-14-24(19-29)32-25(30)26(31,23-12-5-6-13-23)22-10-3-2-4-11-22/h2-4,10-11,17-18,20,23-24H,5-9,12-16,19H2,1H3/t24?,26?,29-/m1/s1. The highest BCUT2D eigenvalue weighted by Gasteiger charge is 2.41.